The SMILES string of the molecule is COc1cc(-c2nc(N)nc(N)c2C#N)ccc1OCC(=O)Nc1c(C)n(C)n(-c2ccccc2)c1=O. The summed E-state index contributed by atoms with van der Waals surface area (Å²) in [5.41, 5.74) is 13.4. The lowest BCUT2D eigenvalue weighted by Gasteiger charge is -2.13. The van der Waals surface area contributed by atoms with Gasteiger partial charge in [0.25, 0.3) is 11.5 Å². The van der Waals surface area contributed by atoms with Crippen molar-refractivity contribution >= 4 is 23.4 Å². The molecule has 12 heteroatoms. The standard InChI is InChI=1S/C25H24N8O4/c1-14-21(24(35)33(32(14)2)16-7-5-4-6-8-16)29-20(34)13-37-18-10-9-15(11-19(18)36-3)22-17(12-26)23(27)31-25(28)30-22/h4-11H,13H2,1-3H3,(H,29,34)(H4,27,28,30,31). The molecule has 4 aromatic rings. The first-order chi connectivity index (χ1) is 17.7. The Morgan fingerprint density at radius 3 is 2.54 bits per heavy atom. The Hall–Kier alpha value is -5.31. The number of nitrogen functional groups attached to an aromatic ring is 2. The molecule has 0 unspecified atom stereocenters. The summed E-state index contributed by atoms with van der Waals surface area (Å²) in [5.74, 6) is -0.0950. The number of nitriles is 1. The van der Waals surface area contributed by atoms with Crippen molar-refractivity contribution < 1.29 is 14.3 Å². The number of rotatable bonds is 7. The monoisotopic (exact) mass is 500 g/mol. The molecule has 2 aromatic heterocycles. The van der Waals surface area contributed by atoms with Crippen molar-refractivity contribution in [3.63, 3.8) is 0 Å². The van der Waals surface area contributed by atoms with E-state index in [-0.39, 0.29) is 52.4 Å². The number of carbonyl (C=O) groups excluding carboxylic acids is 1. The van der Waals surface area contributed by atoms with Gasteiger partial charge in [0, 0.05) is 12.6 Å². The fourth-order valence-electron chi connectivity index (χ4n) is 3.78. The lowest BCUT2D eigenvalue weighted by Crippen LogP contribution is -2.25. The Labute approximate surface area is 211 Å². The zero-order valence-electron chi connectivity index (χ0n) is 20.3. The van der Waals surface area contributed by atoms with Crippen LogP contribution in [0.1, 0.15) is 11.3 Å². The number of para-hydroxylation sites is 1. The number of anilines is 3. The molecule has 1 amide bonds. The Morgan fingerprint density at radius 2 is 1.86 bits per heavy atom. The maximum Gasteiger partial charge on any atom is 0.295 e. The molecule has 2 heterocycles. The number of ether oxygens (including phenoxy) is 2. The van der Waals surface area contributed by atoms with Crippen LogP contribution in [0.25, 0.3) is 16.9 Å². The first kappa shape index (κ1) is 24.8. The van der Waals surface area contributed by atoms with Crippen LogP contribution < -0.4 is 31.8 Å². The highest BCUT2D eigenvalue weighted by molar-refractivity contribution is 5.92. The second-order valence-electron chi connectivity index (χ2n) is 7.94. The van der Waals surface area contributed by atoms with E-state index in [1.54, 1.807) is 49.0 Å². The molecule has 4 rings (SSSR count). The van der Waals surface area contributed by atoms with Crippen LogP contribution in [0.3, 0.4) is 0 Å². The summed E-state index contributed by atoms with van der Waals surface area (Å²) < 4.78 is 14.2. The van der Waals surface area contributed by atoms with Crippen molar-refractivity contribution in [1.82, 2.24) is 19.3 Å². The van der Waals surface area contributed by atoms with Gasteiger partial charge in [0.2, 0.25) is 5.95 Å². The molecule has 5 N–H and O–H groups in total. The van der Waals surface area contributed by atoms with Crippen molar-refractivity contribution in [2.24, 2.45) is 7.05 Å². The Kier molecular flexibility index (Phi) is 6.79. The van der Waals surface area contributed by atoms with Crippen LogP contribution in [0.5, 0.6) is 11.5 Å². The third kappa shape index (κ3) is 4.78. The molecule has 0 atom stereocenters. The van der Waals surface area contributed by atoms with Crippen molar-refractivity contribution in [2.45, 2.75) is 6.92 Å². The molecule has 0 spiro atoms. The average Bonchev–Trinajstić information content (AvgIpc) is 3.10. The molecule has 0 saturated heterocycles. The average molecular weight is 501 g/mol. The molecule has 0 radical (unpaired) electrons. The van der Waals surface area contributed by atoms with Gasteiger partial charge >= 0.3 is 0 Å². The van der Waals surface area contributed by atoms with E-state index in [1.165, 1.54) is 11.8 Å². The summed E-state index contributed by atoms with van der Waals surface area (Å²) in [6.07, 6.45) is 0. The summed E-state index contributed by atoms with van der Waals surface area (Å²) in [7, 11) is 3.16. The first-order valence-corrected chi connectivity index (χ1v) is 11.0. The number of nitrogens with one attached hydrogen (secondary N) is 1. The molecule has 12 nitrogen and oxygen atoms in total. The van der Waals surface area contributed by atoms with Gasteiger partial charge in [0.1, 0.15) is 23.1 Å². The van der Waals surface area contributed by atoms with E-state index in [9.17, 15) is 14.9 Å². The fourth-order valence-corrected chi connectivity index (χ4v) is 3.78. The predicted molar refractivity (Wildman–Crippen MR) is 137 cm³/mol. The lowest BCUT2D eigenvalue weighted by molar-refractivity contribution is -0.118. The number of amides is 1. The highest BCUT2D eigenvalue weighted by Crippen LogP contribution is 2.34. The Morgan fingerprint density at radius 1 is 1.14 bits per heavy atom. The first-order valence-electron chi connectivity index (χ1n) is 11.0. The summed E-state index contributed by atoms with van der Waals surface area (Å²) >= 11 is 0. The minimum absolute atomic E-state index is 0.0384. The molecule has 2 aromatic carbocycles. The quantitative estimate of drug-likeness (QED) is 0.342. The van der Waals surface area contributed by atoms with Gasteiger partial charge in [0.05, 0.1) is 24.2 Å². The van der Waals surface area contributed by atoms with Gasteiger partial charge in [-0.15, -0.1) is 0 Å². The Bertz CT molecular complexity index is 1590. The van der Waals surface area contributed by atoms with Crippen molar-refractivity contribution in [3.8, 4) is 34.5 Å². The number of nitrogens with zero attached hydrogens (tertiary/aromatic N) is 5. The van der Waals surface area contributed by atoms with E-state index in [2.05, 4.69) is 15.3 Å². The van der Waals surface area contributed by atoms with Crippen LogP contribution in [0, 0.1) is 18.3 Å². The molecule has 0 aliphatic carbocycles. The Balaban J connectivity index is 1.53. The maximum atomic E-state index is 13.0. The van der Waals surface area contributed by atoms with E-state index < -0.39 is 5.91 Å². The maximum absolute atomic E-state index is 13.0. The largest absolute Gasteiger partial charge is 0.493 e. The van der Waals surface area contributed by atoms with E-state index in [4.69, 9.17) is 20.9 Å². The van der Waals surface area contributed by atoms with E-state index in [0.717, 1.165) is 0 Å². The van der Waals surface area contributed by atoms with E-state index in [0.29, 0.717) is 16.9 Å². The zero-order valence-corrected chi connectivity index (χ0v) is 20.3. The zero-order chi connectivity index (χ0) is 26.7. The van der Waals surface area contributed by atoms with E-state index >= 15 is 0 Å². The molecular weight excluding hydrogens is 476 g/mol. The number of hydrogen-bond acceptors (Lipinski definition) is 9. The summed E-state index contributed by atoms with van der Waals surface area (Å²) in [6, 6.07) is 15.8. The molecule has 0 aliphatic rings. The molecule has 0 bridgehead atoms. The van der Waals surface area contributed by atoms with Gasteiger partial charge in [-0.05, 0) is 37.3 Å². The predicted octanol–water partition coefficient (Wildman–Crippen LogP) is 2.00. The highest BCUT2D eigenvalue weighted by atomic mass is 16.5. The number of nitrogens with two attached hydrogens (primary N) is 2. The molecule has 0 fully saturated rings. The van der Waals surface area contributed by atoms with Crippen LogP contribution in [0.2, 0.25) is 0 Å². The van der Waals surface area contributed by atoms with E-state index in [1.807, 2.05) is 24.3 Å². The lowest BCUT2D eigenvalue weighted by atomic mass is 10.1. The number of aromatic nitrogens is 4. The van der Waals surface area contributed by atoms with Gasteiger partial charge in [0.15, 0.2) is 18.1 Å². The third-order valence-corrected chi connectivity index (χ3v) is 5.68. The summed E-state index contributed by atoms with van der Waals surface area (Å²) in [4.78, 5) is 33.6. The number of benzene rings is 2. The molecule has 0 saturated carbocycles. The van der Waals surface area contributed by atoms with Crippen LogP contribution in [-0.4, -0.2) is 39.0 Å². The van der Waals surface area contributed by atoms with Gasteiger partial charge in [-0.2, -0.15) is 10.2 Å². The highest BCUT2D eigenvalue weighted by Gasteiger charge is 2.19. The molecule has 188 valence electrons. The molecule has 37 heavy (non-hydrogen) atoms. The molecular formula is C25H24N8O4. The van der Waals surface area contributed by atoms with Crippen LogP contribution in [-0.2, 0) is 11.8 Å². The van der Waals surface area contributed by atoms with Crippen molar-refractivity contribution in [1.29, 1.82) is 5.26 Å². The van der Waals surface area contributed by atoms with Gasteiger partial charge < -0.3 is 26.3 Å². The van der Waals surface area contributed by atoms with Gasteiger partial charge in [-0.25, -0.2) is 9.67 Å². The fraction of sp³-hybridized carbons (Fsp3) is 0.160. The minimum Gasteiger partial charge on any atom is -0.493 e. The number of methoxy groups -OCH3 is 1. The van der Waals surface area contributed by atoms with Crippen LogP contribution >= 0.6 is 0 Å². The minimum atomic E-state index is -0.528. The normalized spacial score (nSPS) is 10.5. The number of hydrogen-bond donors (Lipinski definition) is 3. The van der Waals surface area contributed by atoms with Crippen LogP contribution in [0.15, 0.2) is 53.3 Å². The summed E-state index contributed by atoms with van der Waals surface area (Å²) in [6.45, 7) is 1.35. The topological polar surface area (TPSA) is 176 Å². The second kappa shape index (κ2) is 10.1. The van der Waals surface area contributed by atoms with Gasteiger partial charge in [-0.1, -0.05) is 18.2 Å². The number of carbonyl (C=O) groups is 1. The van der Waals surface area contributed by atoms with Crippen molar-refractivity contribution in [2.75, 3.05) is 30.5 Å². The van der Waals surface area contributed by atoms with Crippen LogP contribution in [0.4, 0.5) is 17.5 Å². The third-order valence-electron chi connectivity index (χ3n) is 5.68. The second-order valence-corrected chi connectivity index (χ2v) is 7.94. The molecule has 0 aliphatic heterocycles. The van der Waals surface area contributed by atoms with Crippen molar-refractivity contribution in [3.05, 3.63) is 70.1 Å². The smallest absolute Gasteiger partial charge is 0.295 e. The van der Waals surface area contributed by atoms with Gasteiger partial charge in [-0.3, -0.25) is 14.3 Å². The summed E-state index contributed by atoms with van der Waals surface area (Å²) in [5, 5.41) is 12.1.